The smallest absolute Gasteiger partial charge is 0.244 e. The van der Waals surface area contributed by atoms with Crippen molar-refractivity contribution in [1.29, 1.82) is 0 Å². The molecule has 1 amide bonds. The van der Waals surface area contributed by atoms with Crippen molar-refractivity contribution in [3.63, 3.8) is 0 Å². The van der Waals surface area contributed by atoms with Crippen molar-refractivity contribution in [2.75, 3.05) is 5.32 Å². The summed E-state index contributed by atoms with van der Waals surface area (Å²) in [6.45, 7) is 3.89. The Kier molecular flexibility index (Phi) is 5.14. The number of rotatable bonds is 5. The third kappa shape index (κ3) is 3.85. The first kappa shape index (κ1) is 19.5. The molecule has 0 saturated heterocycles. The lowest BCUT2D eigenvalue weighted by Gasteiger charge is -2.11. The van der Waals surface area contributed by atoms with Crippen molar-refractivity contribution in [3.8, 4) is 0 Å². The standard InChI is InChI=1S/C24H20FN3O2/c1-15-10-11-19(12-16(15)2)26-22(29)14-28-21-9-4-3-8-20(21)27-24(28)23(30)17-6-5-7-18(25)13-17/h3-13H,14H2,1-2H3,(H,26,29). The van der Waals surface area contributed by atoms with Crippen molar-refractivity contribution >= 4 is 28.4 Å². The van der Waals surface area contributed by atoms with Gasteiger partial charge in [-0.25, -0.2) is 9.37 Å². The Morgan fingerprint density at radius 1 is 0.967 bits per heavy atom. The first-order valence-electron chi connectivity index (χ1n) is 9.55. The number of fused-ring (bicyclic) bond motifs is 1. The minimum atomic E-state index is -0.504. The van der Waals surface area contributed by atoms with Crippen LogP contribution in [0.3, 0.4) is 0 Å². The van der Waals surface area contributed by atoms with E-state index in [2.05, 4.69) is 10.3 Å². The van der Waals surface area contributed by atoms with Gasteiger partial charge in [0, 0.05) is 11.3 Å². The average molecular weight is 401 g/mol. The molecule has 3 aromatic carbocycles. The van der Waals surface area contributed by atoms with Gasteiger partial charge in [-0.3, -0.25) is 9.59 Å². The number of ketones is 1. The third-order valence-corrected chi connectivity index (χ3v) is 5.04. The number of anilines is 1. The van der Waals surface area contributed by atoms with E-state index in [0.717, 1.165) is 11.1 Å². The van der Waals surface area contributed by atoms with Crippen molar-refractivity contribution in [2.24, 2.45) is 0 Å². The van der Waals surface area contributed by atoms with Gasteiger partial charge in [-0.05, 0) is 61.4 Å². The molecule has 4 rings (SSSR count). The molecule has 5 nitrogen and oxygen atoms in total. The maximum absolute atomic E-state index is 13.6. The number of carbonyl (C=O) groups is 2. The molecule has 0 fully saturated rings. The van der Waals surface area contributed by atoms with Crippen LogP contribution in [-0.4, -0.2) is 21.2 Å². The number of para-hydroxylation sites is 2. The van der Waals surface area contributed by atoms with Crippen LogP contribution in [-0.2, 0) is 11.3 Å². The van der Waals surface area contributed by atoms with Crippen molar-refractivity contribution < 1.29 is 14.0 Å². The van der Waals surface area contributed by atoms with E-state index in [1.807, 2.05) is 44.2 Å². The van der Waals surface area contributed by atoms with Crippen LogP contribution in [0.5, 0.6) is 0 Å². The first-order valence-corrected chi connectivity index (χ1v) is 9.55. The van der Waals surface area contributed by atoms with Gasteiger partial charge in [0.25, 0.3) is 0 Å². The molecule has 0 aliphatic carbocycles. The van der Waals surface area contributed by atoms with Crippen LogP contribution in [0.4, 0.5) is 10.1 Å². The Balaban J connectivity index is 1.68. The fourth-order valence-corrected chi connectivity index (χ4v) is 3.33. The number of benzene rings is 3. The number of nitrogens with zero attached hydrogens (tertiary/aromatic N) is 2. The molecule has 0 aliphatic rings. The number of amides is 1. The molecule has 0 atom stereocenters. The van der Waals surface area contributed by atoms with Gasteiger partial charge in [0.2, 0.25) is 11.7 Å². The zero-order valence-corrected chi connectivity index (χ0v) is 16.6. The molecule has 1 N–H and O–H groups in total. The highest BCUT2D eigenvalue weighted by Gasteiger charge is 2.21. The second-order valence-electron chi connectivity index (χ2n) is 7.20. The fraction of sp³-hybridized carbons (Fsp3) is 0.125. The van der Waals surface area contributed by atoms with E-state index in [4.69, 9.17) is 0 Å². The predicted molar refractivity (Wildman–Crippen MR) is 114 cm³/mol. The summed E-state index contributed by atoms with van der Waals surface area (Å²) in [7, 11) is 0. The molecule has 0 radical (unpaired) electrons. The lowest BCUT2D eigenvalue weighted by atomic mass is 10.1. The fourth-order valence-electron chi connectivity index (χ4n) is 3.33. The highest BCUT2D eigenvalue weighted by molar-refractivity contribution is 6.08. The van der Waals surface area contributed by atoms with Crippen LogP contribution < -0.4 is 5.32 Å². The Labute approximate surface area is 173 Å². The van der Waals surface area contributed by atoms with E-state index in [-0.39, 0.29) is 23.8 Å². The summed E-state index contributed by atoms with van der Waals surface area (Å²) >= 11 is 0. The van der Waals surface area contributed by atoms with Gasteiger partial charge in [-0.2, -0.15) is 0 Å². The van der Waals surface area contributed by atoms with Crippen LogP contribution in [0.1, 0.15) is 27.3 Å². The van der Waals surface area contributed by atoms with E-state index in [9.17, 15) is 14.0 Å². The largest absolute Gasteiger partial charge is 0.325 e. The van der Waals surface area contributed by atoms with Gasteiger partial charge in [-0.1, -0.05) is 30.3 Å². The molecule has 0 saturated carbocycles. The summed E-state index contributed by atoms with van der Waals surface area (Å²) in [5, 5.41) is 2.87. The lowest BCUT2D eigenvalue weighted by Crippen LogP contribution is -2.22. The molecule has 0 aliphatic heterocycles. The molecule has 150 valence electrons. The monoisotopic (exact) mass is 401 g/mol. The number of halogens is 1. The Morgan fingerprint density at radius 3 is 2.53 bits per heavy atom. The number of nitrogens with one attached hydrogen (secondary N) is 1. The topological polar surface area (TPSA) is 64.0 Å². The highest BCUT2D eigenvalue weighted by Crippen LogP contribution is 2.20. The number of aryl methyl sites for hydroxylation is 2. The number of aromatic nitrogens is 2. The Bertz CT molecular complexity index is 1280. The number of imidazole rings is 1. The molecular weight excluding hydrogens is 381 g/mol. The molecule has 30 heavy (non-hydrogen) atoms. The number of hydrogen-bond acceptors (Lipinski definition) is 3. The predicted octanol–water partition coefficient (Wildman–Crippen LogP) is 4.66. The summed E-state index contributed by atoms with van der Waals surface area (Å²) in [5.41, 5.74) is 4.33. The lowest BCUT2D eigenvalue weighted by molar-refractivity contribution is -0.116. The third-order valence-electron chi connectivity index (χ3n) is 5.04. The first-order chi connectivity index (χ1) is 14.4. The zero-order chi connectivity index (χ0) is 21.3. The Hall–Kier alpha value is -3.80. The number of hydrogen-bond donors (Lipinski definition) is 1. The minimum absolute atomic E-state index is 0.0934. The Morgan fingerprint density at radius 2 is 1.77 bits per heavy atom. The molecule has 6 heteroatoms. The van der Waals surface area contributed by atoms with Gasteiger partial charge in [0.15, 0.2) is 5.82 Å². The van der Waals surface area contributed by atoms with Crippen LogP contribution in [0.25, 0.3) is 11.0 Å². The molecule has 0 spiro atoms. The molecule has 0 unspecified atom stereocenters. The molecule has 1 aromatic heterocycles. The summed E-state index contributed by atoms with van der Waals surface area (Å²) in [6.07, 6.45) is 0. The van der Waals surface area contributed by atoms with Crippen LogP contribution >= 0.6 is 0 Å². The van der Waals surface area contributed by atoms with Crippen molar-refractivity contribution in [2.45, 2.75) is 20.4 Å². The summed E-state index contributed by atoms with van der Waals surface area (Å²) < 4.78 is 15.2. The van der Waals surface area contributed by atoms with Crippen LogP contribution in [0, 0.1) is 19.7 Å². The van der Waals surface area contributed by atoms with E-state index in [1.165, 1.54) is 24.3 Å². The minimum Gasteiger partial charge on any atom is -0.325 e. The molecule has 0 bridgehead atoms. The highest BCUT2D eigenvalue weighted by atomic mass is 19.1. The van der Waals surface area contributed by atoms with E-state index in [1.54, 1.807) is 16.7 Å². The quantitative estimate of drug-likeness (QED) is 0.495. The summed E-state index contributed by atoms with van der Waals surface area (Å²) in [5.74, 6) is -1.13. The van der Waals surface area contributed by atoms with E-state index in [0.29, 0.717) is 16.7 Å². The van der Waals surface area contributed by atoms with Crippen LogP contribution in [0.15, 0.2) is 66.7 Å². The second kappa shape index (κ2) is 7.91. The maximum Gasteiger partial charge on any atom is 0.244 e. The summed E-state index contributed by atoms with van der Waals surface area (Å²) in [6, 6.07) is 18.3. The van der Waals surface area contributed by atoms with Crippen LogP contribution in [0.2, 0.25) is 0 Å². The van der Waals surface area contributed by atoms with Gasteiger partial charge in [0.1, 0.15) is 12.4 Å². The zero-order valence-electron chi connectivity index (χ0n) is 16.6. The average Bonchev–Trinajstić information content (AvgIpc) is 3.08. The molecule has 1 heterocycles. The maximum atomic E-state index is 13.6. The van der Waals surface area contributed by atoms with Gasteiger partial charge in [-0.15, -0.1) is 0 Å². The second-order valence-corrected chi connectivity index (χ2v) is 7.20. The SMILES string of the molecule is Cc1ccc(NC(=O)Cn2c(C(=O)c3cccc(F)c3)nc3ccccc32)cc1C. The molecular formula is C24H20FN3O2. The summed E-state index contributed by atoms with van der Waals surface area (Å²) in [4.78, 5) is 30.2. The van der Waals surface area contributed by atoms with Gasteiger partial charge >= 0.3 is 0 Å². The number of carbonyl (C=O) groups excluding carboxylic acids is 2. The molecule has 4 aromatic rings. The van der Waals surface area contributed by atoms with E-state index >= 15 is 0 Å². The van der Waals surface area contributed by atoms with Crippen molar-refractivity contribution in [3.05, 3.63) is 95.1 Å². The van der Waals surface area contributed by atoms with Gasteiger partial charge in [0.05, 0.1) is 11.0 Å². The van der Waals surface area contributed by atoms with Gasteiger partial charge < -0.3 is 9.88 Å². The van der Waals surface area contributed by atoms with E-state index < -0.39 is 11.6 Å². The van der Waals surface area contributed by atoms with Crippen molar-refractivity contribution in [1.82, 2.24) is 9.55 Å². The normalized spacial score (nSPS) is 10.9.